The molecule has 1 N–H and O–H groups in total. The number of hydrogen-bond acceptors (Lipinski definition) is 8. The molecular formula is C54H59N7O7. The van der Waals surface area contributed by atoms with E-state index in [-0.39, 0.29) is 30.4 Å². The van der Waals surface area contributed by atoms with Crippen molar-refractivity contribution in [3.63, 3.8) is 0 Å². The van der Waals surface area contributed by atoms with E-state index in [0.29, 0.717) is 62.6 Å². The lowest BCUT2D eigenvalue weighted by molar-refractivity contribution is -0.137. The zero-order valence-corrected chi connectivity index (χ0v) is 39.3. The number of benzene rings is 4. The van der Waals surface area contributed by atoms with Gasteiger partial charge in [0.05, 0.1) is 38.7 Å². The Kier molecular flexibility index (Phi) is 13.7. The molecule has 4 aromatic carbocycles. The van der Waals surface area contributed by atoms with Gasteiger partial charge in [0.25, 0.3) is 11.8 Å². The number of carbonyl (C=O) groups is 4. The molecule has 10 rings (SSSR count). The molecule has 0 aliphatic carbocycles. The molecule has 14 heteroatoms. The smallest absolute Gasteiger partial charge is 0.303 e. The minimum Gasteiger partial charge on any atom is -0.481 e. The zero-order chi connectivity index (χ0) is 47.5. The molecule has 2 fully saturated rings. The molecule has 3 amide bonds. The Balaban J connectivity index is 0.000000178. The number of hydrogen-bond donors (Lipinski definition) is 1. The van der Waals surface area contributed by atoms with Gasteiger partial charge < -0.3 is 29.3 Å². The molecule has 0 unspecified atom stereocenters. The SMILES string of the molecule is Cc1cc(C(=O)N2Cc3cnn(C)c3Cc3ccccc32)ccc1CCC(=O)N1CCC(C2OCCO2)CC1.Cc1cc(C(=O)N2Cc3cnn(C)c3Cc3ccccc32)ccc1CCC(=O)O. The number of carbonyl (C=O) groups excluding carboxylic acids is 3. The van der Waals surface area contributed by atoms with Crippen LogP contribution in [-0.2, 0) is 71.9 Å². The molecule has 352 valence electrons. The Morgan fingerprint density at radius 2 is 1.10 bits per heavy atom. The predicted molar refractivity (Wildman–Crippen MR) is 258 cm³/mol. The molecule has 68 heavy (non-hydrogen) atoms. The van der Waals surface area contributed by atoms with Crippen molar-refractivity contribution in [2.45, 2.75) is 84.6 Å². The van der Waals surface area contributed by atoms with Gasteiger partial charge in [-0.15, -0.1) is 0 Å². The topological polar surface area (TPSA) is 152 Å². The second-order valence-corrected chi connectivity index (χ2v) is 18.4. The molecule has 0 radical (unpaired) electrons. The highest BCUT2D eigenvalue weighted by Gasteiger charge is 2.32. The van der Waals surface area contributed by atoms with E-state index in [2.05, 4.69) is 22.3 Å². The number of amides is 3. The Bertz CT molecular complexity index is 2850. The second kappa shape index (κ2) is 20.1. The first-order chi connectivity index (χ1) is 32.9. The molecule has 4 aliphatic rings. The van der Waals surface area contributed by atoms with Crippen LogP contribution < -0.4 is 9.80 Å². The summed E-state index contributed by atoms with van der Waals surface area (Å²) >= 11 is 0. The first-order valence-electron chi connectivity index (χ1n) is 23.6. The van der Waals surface area contributed by atoms with Gasteiger partial charge in [0.2, 0.25) is 5.91 Å². The molecule has 14 nitrogen and oxygen atoms in total. The number of aryl methyl sites for hydroxylation is 6. The number of aliphatic carboxylic acids is 1. The molecular weight excluding hydrogens is 859 g/mol. The first-order valence-corrected chi connectivity index (χ1v) is 23.6. The van der Waals surface area contributed by atoms with Gasteiger partial charge in [-0.2, -0.15) is 10.2 Å². The highest BCUT2D eigenvalue weighted by Crippen LogP contribution is 2.34. The summed E-state index contributed by atoms with van der Waals surface area (Å²) in [6.45, 7) is 7.77. The molecule has 0 bridgehead atoms. The fourth-order valence-corrected chi connectivity index (χ4v) is 10.1. The van der Waals surface area contributed by atoms with Crippen molar-refractivity contribution in [1.82, 2.24) is 24.5 Å². The number of carboxylic acids is 1. The van der Waals surface area contributed by atoms with Gasteiger partial charge >= 0.3 is 5.97 Å². The van der Waals surface area contributed by atoms with E-state index in [0.717, 1.165) is 106 Å². The van der Waals surface area contributed by atoms with Gasteiger partial charge in [0, 0.05) is 104 Å². The standard InChI is InChI=1S/C31H36N4O4.C23H23N3O3/c1-21-17-25(30(37)35-20-26-19-32-33(2)28(26)18-24-5-3-4-6-27(24)35)8-7-22(21)9-10-29(36)34-13-11-23(12-14-34)31-38-15-16-39-31;1-15-11-18(8-7-16(15)9-10-22(27)28)23(29)26-14-19-13-24-25(2)21(19)12-17-5-3-4-6-20(17)26/h3-8,17,19,23,31H,9-16,18,20H2,1-2H3;3-8,11,13H,9-10,12,14H2,1-2H3,(H,27,28). The van der Waals surface area contributed by atoms with Crippen molar-refractivity contribution in [1.29, 1.82) is 0 Å². The maximum absolute atomic E-state index is 13.8. The van der Waals surface area contributed by atoms with Crippen LogP contribution in [0.4, 0.5) is 11.4 Å². The first kappa shape index (κ1) is 46.2. The van der Waals surface area contributed by atoms with Crippen molar-refractivity contribution in [2.75, 3.05) is 36.1 Å². The molecule has 4 aliphatic heterocycles. The fourth-order valence-electron chi connectivity index (χ4n) is 10.1. The average Bonchev–Trinajstić information content (AvgIpc) is 4.04. The molecule has 0 atom stereocenters. The Morgan fingerprint density at radius 3 is 1.57 bits per heavy atom. The van der Waals surface area contributed by atoms with Crippen LogP contribution in [0.1, 0.15) is 102 Å². The minimum atomic E-state index is -0.821. The quantitative estimate of drug-likeness (QED) is 0.155. The Morgan fingerprint density at radius 1 is 0.632 bits per heavy atom. The fraction of sp³-hybridized carbons (Fsp3) is 0.370. The van der Waals surface area contributed by atoms with Gasteiger partial charge in [0.1, 0.15) is 0 Å². The summed E-state index contributed by atoms with van der Waals surface area (Å²) in [4.78, 5) is 56.7. The summed E-state index contributed by atoms with van der Waals surface area (Å²) in [5, 5.41) is 17.7. The molecule has 2 saturated heterocycles. The summed E-state index contributed by atoms with van der Waals surface area (Å²) in [7, 11) is 3.88. The van der Waals surface area contributed by atoms with Crippen molar-refractivity contribution in [3.8, 4) is 0 Å². The number of piperidine rings is 1. The van der Waals surface area contributed by atoms with Gasteiger partial charge in [0.15, 0.2) is 6.29 Å². The lowest BCUT2D eigenvalue weighted by atomic mass is 9.95. The molecule has 0 saturated carbocycles. The summed E-state index contributed by atoms with van der Waals surface area (Å²) in [6, 6.07) is 27.5. The van der Waals surface area contributed by atoms with E-state index < -0.39 is 5.97 Å². The zero-order valence-electron chi connectivity index (χ0n) is 39.3. The lowest BCUT2D eigenvalue weighted by Gasteiger charge is -2.34. The number of likely N-dealkylation sites (tertiary alicyclic amines) is 1. The van der Waals surface area contributed by atoms with Crippen LogP contribution >= 0.6 is 0 Å². The van der Waals surface area contributed by atoms with E-state index >= 15 is 0 Å². The van der Waals surface area contributed by atoms with Gasteiger partial charge in [-0.05, 0) is 109 Å². The van der Waals surface area contributed by atoms with E-state index in [1.165, 1.54) is 0 Å². The molecule has 6 aromatic rings. The highest BCUT2D eigenvalue weighted by atomic mass is 16.7. The Hall–Kier alpha value is -6.90. The highest BCUT2D eigenvalue weighted by molar-refractivity contribution is 6.07. The van der Waals surface area contributed by atoms with E-state index in [4.69, 9.17) is 14.6 Å². The number of carboxylic acid groups (broad SMARTS) is 1. The van der Waals surface area contributed by atoms with Crippen LogP contribution in [0, 0.1) is 19.8 Å². The Labute approximate surface area is 397 Å². The van der Waals surface area contributed by atoms with Crippen LogP contribution in [0.2, 0.25) is 0 Å². The maximum Gasteiger partial charge on any atom is 0.303 e. The number of fused-ring (bicyclic) bond motifs is 4. The second-order valence-electron chi connectivity index (χ2n) is 18.4. The van der Waals surface area contributed by atoms with Crippen LogP contribution in [0.25, 0.3) is 0 Å². The van der Waals surface area contributed by atoms with E-state index in [1.807, 2.05) is 131 Å². The minimum absolute atomic E-state index is 0.0250. The number of aromatic nitrogens is 4. The molecule has 6 heterocycles. The maximum atomic E-state index is 13.8. The number of rotatable bonds is 9. The van der Waals surface area contributed by atoms with Gasteiger partial charge in [-0.25, -0.2) is 0 Å². The molecule has 2 aromatic heterocycles. The predicted octanol–water partition coefficient (Wildman–Crippen LogP) is 7.52. The largest absolute Gasteiger partial charge is 0.481 e. The van der Waals surface area contributed by atoms with Gasteiger partial charge in [-0.1, -0.05) is 48.5 Å². The van der Waals surface area contributed by atoms with Crippen LogP contribution in [-0.4, -0.2) is 85.9 Å². The van der Waals surface area contributed by atoms with Crippen molar-refractivity contribution in [2.24, 2.45) is 20.0 Å². The van der Waals surface area contributed by atoms with Gasteiger partial charge in [-0.3, -0.25) is 28.5 Å². The average molecular weight is 918 g/mol. The third-order valence-electron chi connectivity index (χ3n) is 14.0. The monoisotopic (exact) mass is 917 g/mol. The number of para-hydroxylation sites is 2. The summed E-state index contributed by atoms with van der Waals surface area (Å²) in [5.74, 6) is -0.345. The van der Waals surface area contributed by atoms with E-state index in [9.17, 15) is 19.2 Å². The normalized spacial score (nSPS) is 15.9. The summed E-state index contributed by atoms with van der Waals surface area (Å²) in [6.07, 6.45) is 8.61. The van der Waals surface area contributed by atoms with E-state index in [1.54, 1.807) is 6.07 Å². The lowest BCUT2D eigenvalue weighted by Crippen LogP contribution is -2.41. The van der Waals surface area contributed by atoms with Crippen LogP contribution in [0.5, 0.6) is 0 Å². The summed E-state index contributed by atoms with van der Waals surface area (Å²) in [5.41, 5.74) is 13.7. The van der Waals surface area contributed by atoms with Crippen LogP contribution in [0.15, 0.2) is 97.3 Å². The van der Waals surface area contributed by atoms with Crippen molar-refractivity contribution >= 4 is 35.1 Å². The number of ether oxygens (including phenoxy) is 2. The van der Waals surface area contributed by atoms with Crippen molar-refractivity contribution < 1.29 is 33.8 Å². The molecule has 0 spiro atoms. The third-order valence-corrected chi connectivity index (χ3v) is 14.0. The number of nitrogens with zero attached hydrogens (tertiary/aromatic N) is 7. The number of anilines is 2. The van der Waals surface area contributed by atoms with Crippen molar-refractivity contribution in [3.05, 3.63) is 164 Å². The summed E-state index contributed by atoms with van der Waals surface area (Å²) < 4.78 is 15.1. The van der Waals surface area contributed by atoms with Crippen LogP contribution in [0.3, 0.4) is 0 Å². The third kappa shape index (κ3) is 9.88.